The standard InChI is InChI=1S/C29H35ClF3N3O6/c1-16(2)22(24(37)29(31,32)33)35-27(40)23(17-10-12-20(41-6)13-11-17)36-26(39)21(15-42-28(3,4)5)34-25(38)18-8-7-9-19(30)14-18/h7-14,16,21-23H,15H2,1-6H3,(H,34,38)(H,35,40)(H,36,39)/t21-,22+,23+/m1/s1. The molecule has 0 bridgehead atoms. The van der Waals surface area contributed by atoms with Crippen LogP contribution in [0.2, 0.25) is 5.02 Å². The Balaban J connectivity index is 2.42. The Bertz CT molecular complexity index is 1260. The maximum atomic E-state index is 13.5. The Hall–Kier alpha value is -3.64. The first kappa shape index (κ1) is 34.6. The minimum Gasteiger partial charge on any atom is -0.497 e. The number of halogens is 4. The van der Waals surface area contributed by atoms with E-state index in [9.17, 15) is 32.3 Å². The molecule has 42 heavy (non-hydrogen) atoms. The molecule has 0 aliphatic rings. The quantitative estimate of drug-likeness (QED) is 0.326. The SMILES string of the molecule is COc1ccc([C@H](NC(=O)[C@@H](COC(C)(C)C)NC(=O)c2cccc(Cl)c2)C(=O)N[C@H](C(=O)C(F)(F)F)C(C)C)cc1. The number of ketones is 1. The van der Waals surface area contributed by atoms with Crippen molar-refractivity contribution >= 4 is 35.1 Å². The molecule has 0 unspecified atom stereocenters. The second-order valence-electron chi connectivity index (χ2n) is 10.8. The topological polar surface area (TPSA) is 123 Å². The van der Waals surface area contributed by atoms with Crippen molar-refractivity contribution in [1.82, 2.24) is 16.0 Å². The van der Waals surface area contributed by atoms with E-state index in [2.05, 4.69) is 16.0 Å². The van der Waals surface area contributed by atoms with Gasteiger partial charge in [-0.1, -0.05) is 43.6 Å². The molecule has 13 heteroatoms. The predicted octanol–water partition coefficient (Wildman–Crippen LogP) is 4.39. The van der Waals surface area contributed by atoms with Crippen molar-refractivity contribution in [2.75, 3.05) is 13.7 Å². The maximum Gasteiger partial charge on any atom is 0.452 e. The third kappa shape index (κ3) is 10.3. The van der Waals surface area contributed by atoms with Crippen molar-refractivity contribution in [1.29, 1.82) is 0 Å². The summed E-state index contributed by atoms with van der Waals surface area (Å²) in [4.78, 5) is 51.9. The van der Waals surface area contributed by atoms with Gasteiger partial charge < -0.3 is 25.4 Å². The number of benzene rings is 2. The zero-order valence-corrected chi connectivity index (χ0v) is 24.9. The van der Waals surface area contributed by atoms with Crippen molar-refractivity contribution in [3.05, 3.63) is 64.7 Å². The van der Waals surface area contributed by atoms with E-state index in [1.165, 1.54) is 57.4 Å². The Morgan fingerprint density at radius 1 is 0.905 bits per heavy atom. The van der Waals surface area contributed by atoms with Crippen LogP contribution < -0.4 is 20.7 Å². The predicted molar refractivity (Wildman–Crippen MR) is 150 cm³/mol. The van der Waals surface area contributed by atoms with Gasteiger partial charge in [-0.15, -0.1) is 0 Å². The fourth-order valence-electron chi connectivity index (χ4n) is 3.67. The number of carbonyl (C=O) groups is 4. The van der Waals surface area contributed by atoms with Gasteiger partial charge in [0.2, 0.25) is 11.8 Å². The minimum absolute atomic E-state index is 0.158. The molecule has 2 aromatic carbocycles. The van der Waals surface area contributed by atoms with Gasteiger partial charge in [0, 0.05) is 10.6 Å². The highest BCUT2D eigenvalue weighted by Crippen LogP contribution is 2.23. The molecule has 9 nitrogen and oxygen atoms in total. The van der Waals surface area contributed by atoms with Gasteiger partial charge in [-0.2, -0.15) is 13.2 Å². The molecular formula is C29H35ClF3N3O6. The number of carbonyl (C=O) groups excluding carboxylic acids is 4. The smallest absolute Gasteiger partial charge is 0.452 e. The number of nitrogens with one attached hydrogen (secondary N) is 3. The molecule has 2 aromatic rings. The lowest BCUT2D eigenvalue weighted by atomic mass is 9.97. The molecule has 0 heterocycles. The van der Waals surface area contributed by atoms with E-state index in [0.29, 0.717) is 10.8 Å². The van der Waals surface area contributed by atoms with E-state index in [-0.39, 0.29) is 17.7 Å². The van der Waals surface area contributed by atoms with Crippen LogP contribution in [0.1, 0.15) is 56.6 Å². The third-order valence-electron chi connectivity index (χ3n) is 5.92. The van der Waals surface area contributed by atoms with Crippen LogP contribution in [0.4, 0.5) is 13.2 Å². The summed E-state index contributed by atoms with van der Waals surface area (Å²) in [5, 5.41) is 7.47. The first-order valence-corrected chi connectivity index (χ1v) is 13.4. The minimum atomic E-state index is -5.19. The van der Waals surface area contributed by atoms with E-state index in [4.69, 9.17) is 21.1 Å². The molecule has 0 aliphatic carbocycles. The largest absolute Gasteiger partial charge is 0.497 e. The second kappa shape index (κ2) is 14.5. The lowest BCUT2D eigenvalue weighted by Crippen LogP contribution is -2.55. The lowest BCUT2D eigenvalue weighted by Gasteiger charge is -2.28. The Morgan fingerprint density at radius 3 is 2.02 bits per heavy atom. The monoisotopic (exact) mass is 613 g/mol. The summed E-state index contributed by atoms with van der Waals surface area (Å²) >= 11 is 5.98. The van der Waals surface area contributed by atoms with Gasteiger partial charge in [-0.3, -0.25) is 19.2 Å². The van der Waals surface area contributed by atoms with E-state index < -0.39 is 59.3 Å². The number of alkyl halides is 3. The summed E-state index contributed by atoms with van der Waals surface area (Å²) in [5.41, 5.74) is -0.375. The van der Waals surface area contributed by atoms with Crippen LogP contribution in [0, 0.1) is 5.92 Å². The summed E-state index contributed by atoms with van der Waals surface area (Å²) in [6.45, 7) is 7.59. The van der Waals surface area contributed by atoms with Gasteiger partial charge in [-0.25, -0.2) is 0 Å². The van der Waals surface area contributed by atoms with Crippen LogP contribution in [-0.4, -0.2) is 61.1 Å². The summed E-state index contributed by atoms with van der Waals surface area (Å²) in [6, 6.07) is 7.06. The fraction of sp³-hybridized carbons (Fsp3) is 0.448. The van der Waals surface area contributed by atoms with Crippen LogP contribution in [0.5, 0.6) is 5.75 Å². The van der Waals surface area contributed by atoms with Gasteiger partial charge >= 0.3 is 6.18 Å². The summed E-state index contributed by atoms with van der Waals surface area (Å²) in [7, 11) is 1.42. The molecule has 230 valence electrons. The van der Waals surface area contributed by atoms with Crippen molar-refractivity contribution < 1.29 is 41.8 Å². The van der Waals surface area contributed by atoms with E-state index in [1.807, 2.05) is 0 Å². The highest BCUT2D eigenvalue weighted by molar-refractivity contribution is 6.31. The molecule has 0 aliphatic heterocycles. The molecule has 0 saturated heterocycles. The molecule has 0 spiro atoms. The van der Waals surface area contributed by atoms with Crippen LogP contribution >= 0.6 is 11.6 Å². The zero-order valence-electron chi connectivity index (χ0n) is 24.1. The number of ether oxygens (including phenoxy) is 2. The third-order valence-corrected chi connectivity index (χ3v) is 6.15. The number of Topliss-reactive ketones (excluding diaryl/α,β-unsaturated/α-hetero) is 1. The van der Waals surface area contributed by atoms with Crippen LogP contribution in [-0.2, 0) is 19.1 Å². The maximum absolute atomic E-state index is 13.5. The second-order valence-corrected chi connectivity index (χ2v) is 11.2. The first-order valence-electron chi connectivity index (χ1n) is 13.0. The zero-order chi connectivity index (χ0) is 31.8. The molecule has 0 radical (unpaired) electrons. The lowest BCUT2D eigenvalue weighted by molar-refractivity contribution is -0.175. The van der Waals surface area contributed by atoms with E-state index in [1.54, 1.807) is 32.9 Å². The highest BCUT2D eigenvalue weighted by atomic mass is 35.5. The number of amides is 3. The Labute approximate surface area is 247 Å². The van der Waals surface area contributed by atoms with E-state index >= 15 is 0 Å². The molecule has 3 atom stereocenters. The van der Waals surface area contributed by atoms with Crippen LogP contribution in [0.15, 0.2) is 48.5 Å². The van der Waals surface area contributed by atoms with Crippen LogP contribution in [0.25, 0.3) is 0 Å². The van der Waals surface area contributed by atoms with Gasteiger partial charge in [0.25, 0.3) is 11.7 Å². The summed E-state index contributed by atoms with van der Waals surface area (Å²) in [6.07, 6.45) is -5.19. The number of methoxy groups -OCH3 is 1. The van der Waals surface area contributed by atoms with E-state index in [0.717, 1.165) is 0 Å². The van der Waals surface area contributed by atoms with Gasteiger partial charge in [0.15, 0.2) is 0 Å². The molecule has 0 aromatic heterocycles. The van der Waals surface area contributed by atoms with Crippen LogP contribution in [0.3, 0.4) is 0 Å². The number of rotatable bonds is 12. The van der Waals surface area contributed by atoms with Gasteiger partial charge in [0.1, 0.15) is 17.8 Å². The Kier molecular flexibility index (Phi) is 11.9. The molecule has 0 saturated carbocycles. The van der Waals surface area contributed by atoms with Crippen molar-refractivity contribution in [3.8, 4) is 5.75 Å². The number of hydrogen-bond acceptors (Lipinski definition) is 6. The molecule has 3 amide bonds. The average molecular weight is 614 g/mol. The first-order chi connectivity index (χ1) is 19.4. The molecule has 2 rings (SSSR count). The highest BCUT2D eigenvalue weighted by Gasteiger charge is 2.45. The Morgan fingerprint density at radius 2 is 1.52 bits per heavy atom. The molecular weight excluding hydrogens is 579 g/mol. The summed E-state index contributed by atoms with van der Waals surface area (Å²) in [5.74, 6) is -5.22. The normalized spacial score (nSPS) is 14.0. The van der Waals surface area contributed by atoms with Crippen molar-refractivity contribution in [2.24, 2.45) is 5.92 Å². The molecule has 0 fully saturated rings. The van der Waals surface area contributed by atoms with Crippen molar-refractivity contribution in [2.45, 2.75) is 64.5 Å². The molecule has 3 N–H and O–H groups in total. The van der Waals surface area contributed by atoms with Gasteiger partial charge in [0.05, 0.1) is 25.4 Å². The number of hydrogen-bond donors (Lipinski definition) is 3. The van der Waals surface area contributed by atoms with Crippen molar-refractivity contribution in [3.63, 3.8) is 0 Å². The van der Waals surface area contributed by atoms with Gasteiger partial charge in [-0.05, 0) is 62.6 Å². The summed E-state index contributed by atoms with van der Waals surface area (Å²) < 4.78 is 50.6. The average Bonchev–Trinajstić information content (AvgIpc) is 2.90. The fourth-order valence-corrected chi connectivity index (χ4v) is 3.87.